The predicted molar refractivity (Wildman–Crippen MR) is 72.6 cm³/mol. The maximum absolute atomic E-state index is 10.1. The Labute approximate surface area is 108 Å². The van der Waals surface area contributed by atoms with Gasteiger partial charge >= 0.3 is 0 Å². The maximum atomic E-state index is 10.1. The van der Waals surface area contributed by atoms with Gasteiger partial charge in [-0.2, -0.15) is 0 Å². The highest BCUT2D eigenvalue weighted by molar-refractivity contribution is 5.26. The molecule has 0 fully saturated rings. The minimum absolute atomic E-state index is 0.493. The van der Waals surface area contributed by atoms with Crippen molar-refractivity contribution in [2.75, 3.05) is 0 Å². The average Bonchev–Trinajstić information content (AvgIpc) is 2.76. The molecule has 1 aromatic carbocycles. The van der Waals surface area contributed by atoms with E-state index in [1.165, 1.54) is 5.56 Å². The van der Waals surface area contributed by atoms with Crippen molar-refractivity contribution in [3.63, 3.8) is 0 Å². The van der Waals surface area contributed by atoms with Crippen LogP contribution in [0.3, 0.4) is 0 Å². The van der Waals surface area contributed by atoms with E-state index < -0.39 is 6.10 Å². The number of benzene rings is 1. The Morgan fingerprint density at radius 3 is 2.28 bits per heavy atom. The molecule has 1 unspecified atom stereocenters. The first kappa shape index (κ1) is 12.9. The van der Waals surface area contributed by atoms with Crippen molar-refractivity contribution in [3.05, 3.63) is 59.0 Å². The molecule has 96 valence electrons. The monoisotopic (exact) mass is 244 g/mol. The van der Waals surface area contributed by atoms with Gasteiger partial charge in [0.25, 0.3) is 0 Å². The lowest BCUT2D eigenvalue weighted by atomic mass is 9.98. The van der Waals surface area contributed by atoms with Gasteiger partial charge in [0.2, 0.25) is 0 Å². The van der Waals surface area contributed by atoms with E-state index in [0.717, 1.165) is 16.9 Å². The van der Waals surface area contributed by atoms with Crippen LogP contribution in [0, 0.1) is 6.92 Å². The SMILES string of the molecule is Cc1cc(C(O)Cc2ccc(C(C)C)cc2)co1. The zero-order valence-electron chi connectivity index (χ0n) is 11.2. The van der Waals surface area contributed by atoms with Crippen molar-refractivity contribution in [2.45, 2.75) is 39.2 Å². The summed E-state index contributed by atoms with van der Waals surface area (Å²) in [5.41, 5.74) is 3.32. The molecule has 1 N–H and O–H groups in total. The first-order valence-corrected chi connectivity index (χ1v) is 6.38. The number of rotatable bonds is 4. The van der Waals surface area contributed by atoms with Crippen LogP contribution in [-0.2, 0) is 6.42 Å². The van der Waals surface area contributed by atoms with Crippen LogP contribution in [0.15, 0.2) is 41.0 Å². The summed E-state index contributed by atoms with van der Waals surface area (Å²) in [6, 6.07) is 10.3. The molecule has 2 aromatic rings. The molecular formula is C16H20O2. The maximum Gasteiger partial charge on any atom is 0.101 e. The van der Waals surface area contributed by atoms with E-state index in [1.807, 2.05) is 13.0 Å². The molecule has 0 aliphatic heterocycles. The van der Waals surface area contributed by atoms with Crippen LogP contribution in [0.2, 0.25) is 0 Å². The fourth-order valence-corrected chi connectivity index (χ4v) is 2.02. The zero-order valence-corrected chi connectivity index (χ0v) is 11.2. The molecule has 2 rings (SSSR count). The van der Waals surface area contributed by atoms with Crippen molar-refractivity contribution in [1.29, 1.82) is 0 Å². The van der Waals surface area contributed by atoms with Gasteiger partial charge in [0.15, 0.2) is 0 Å². The molecule has 0 aliphatic carbocycles. The Bertz CT molecular complexity index is 494. The van der Waals surface area contributed by atoms with E-state index in [9.17, 15) is 5.11 Å². The first-order chi connectivity index (χ1) is 8.56. The summed E-state index contributed by atoms with van der Waals surface area (Å²) in [6.45, 7) is 6.24. The fraction of sp³-hybridized carbons (Fsp3) is 0.375. The standard InChI is InChI=1S/C16H20O2/c1-11(2)14-6-4-13(5-7-14)9-16(17)15-8-12(3)18-10-15/h4-8,10-11,16-17H,9H2,1-3H3. The van der Waals surface area contributed by atoms with Crippen LogP contribution in [0.5, 0.6) is 0 Å². The number of aliphatic hydroxyl groups is 1. The van der Waals surface area contributed by atoms with E-state index in [0.29, 0.717) is 12.3 Å². The lowest BCUT2D eigenvalue weighted by molar-refractivity contribution is 0.177. The van der Waals surface area contributed by atoms with E-state index in [1.54, 1.807) is 6.26 Å². The Hall–Kier alpha value is -1.54. The van der Waals surface area contributed by atoms with Crippen LogP contribution in [0.1, 0.15) is 48.3 Å². The number of hydrogen-bond acceptors (Lipinski definition) is 2. The van der Waals surface area contributed by atoms with Gasteiger partial charge in [-0.05, 0) is 30.0 Å². The van der Waals surface area contributed by atoms with Gasteiger partial charge in [-0.15, -0.1) is 0 Å². The Morgan fingerprint density at radius 2 is 1.78 bits per heavy atom. The van der Waals surface area contributed by atoms with E-state index in [4.69, 9.17) is 4.42 Å². The van der Waals surface area contributed by atoms with Gasteiger partial charge in [0.05, 0.1) is 12.4 Å². The highest BCUT2D eigenvalue weighted by Crippen LogP contribution is 2.22. The second-order valence-electron chi connectivity index (χ2n) is 5.11. The van der Waals surface area contributed by atoms with Gasteiger partial charge in [0, 0.05) is 12.0 Å². The van der Waals surface area contributed by atoms with Crippen molar-refractivity contribution in [3.8, 4) is 0 Å². The molecule has 1 aromatic heterocycles. The number of furan rings is 1. The predicted octanol–water partition coefficient (Wildman–Crippen LogP) is 3.99. The zero-order chi connectivity index (χ0) is 13.1. The van der Waals surface area contributed by atoms with Crippen LogP contribution >= 0.6 is 0 Å². The molecule has 0 spiro atoms. The molecule has 0 bridgehead atoms. The van der Waals surface area contributed by atoms with Gasteiger partial charge in [-0.3, -0.25) is 0 Å². The van der Waals surface area contributed by atoms with Crippen LogP contribution in [0.4, 0.5) is 0 Å². The normalized spacial score (nSPS) is 12.9. The molecule has 0 aliphatic rings. The lowest BCUT2D eigenvalue weighted by Crippen LogP contribution is -2.00. The first-order valence-electron chi connectivity index (χ1n) is 6.38. The average molecular weight is 244 g/mol. The summed E-state index contributed by atoms with van der Waals surface area (Å²) >= 11 is 0. The van der Waals surface area contributed by atoms with Crippen LogP contribution < -0.4 is 0 Å². The van der Waals surface area contributed by atoms with Crippen molar-refractivity contribution in [1.82, 2.24) is 0 Å². The molecule has 18 heavy (non-hydrogen) atoms. The van der Waals surface area contributed by atoms with Crippen molar-refractivity contribution in [2.24, 2.45) is 0 Å². The van der Waals surface area contributed by atoms with Gasteiger partial charge in [-0.1, -0.05) is 38.1 Å². The fourth-order valence-electron chi connectivity index (χ4n) is 2.02. The summed E-state index contributed by atoms with van der Waals surface area (Å²) in [5, 5.41) is 10.1. The minimum atomic E-state index is -0.493. The third-order valence-corrected chi connectivity index (χ3v) is 3.21. The summed E-state index contributed by atoms with van der Waals surface area (Å²) in [6.07, 6.45) is 1.76. The lowest BCUT2D eigenvalue weighted by Gasteiger charge is -2.10. The molecule has 0 radical (unpaired) electrons. The van der Waals surface area contributed by atoms with Gasteiger partial charge in [0.1, 0.15) is 5.76 Å². The molecular weight excluding hydrogens is 224 g/mol. The van der Waals surface area contributed by atoms with E-state index in [-0.39, 0.29) is 0 Å². The number of aryl methyl sites for hydroxylation is 1. The minimum Gasteiger partial charge on any atom is -0.469 e. The topological polar surface area (TPSA) is 33.4 Å². The number of hydrogen-bond donors (Lipinski definition) is 1. The summed E-state index contributed by atoms with van der Waals surface area (Å²) in [7, 11) is 0. The Kier molecular flexibility index (Phi) is 3.87. The highest BCUT2D eigenvalue weighted by Gasteiger charge is 2.11. The van der Waals surface area contributed by atoms with Crippen LogP contribution in [-0.4, -0.2) is 5.11 Å². The van der Waals surface area contributed by atoms with Crippen molar-refractivity contribution < 1.29 is 9.52 Å². The summed E-state index contributed by atoms with van der Waals surface area (Å²) < 4.78 is 5.21. The molecule has 0 saturated heterocycles. The highest BCUT2D eigenvalue weighted by atomic mass is 16.3. The molecule has 2 nitrogen and oxygen atoms in total. The second-order valence-corrected chi connectivity index (χ2v) is 5.11. The quantitative estimate of drug-likeness (QED) is 0.882. The summed E-state index contributed by atoms with van der Waals surface area (Å²) in [5.74, 6) is 1.37. The third-order valence-electron chi connectivity index (χ3n) is 3.21. The Balaban J connectivity index is 2.05. The van der Waals surface area contributed by atoms with Crippen LogP contribution in [0.25, 0.3) is 0 Å². The molecule has 1 heterocycles. The third kappa shape index (κ3) is 3.02. The van der Waals surface area contributed by atoms with E-state index in [2.05, 4.69) is 38.1 Å². The van der Waals surface area contributed by atoms with Crippen molar-refractivity contribution >= 4 is 0 Å². The second kappa shape index (κ2) is 5.40. The van der Waals surface area contributed by atoms with Gasteiger partial charge in [-0.25, -0.2) is 0 Å². The smallest absolute Gasteiger partial charge is 0.101 e. The molecule has 1 atom stereocenters. The molecule has 2 heteroatoms. The Morgan fingerprint density at radius 1 is 1.11 bits per heavy atom. The summed E-state index contributed by atoms with van der Waals surface area (Å²) in [4.78, 5) is 0. The van der Waals surface area contributed by atoms with Gasteiger partial charge < -0.3 is 9.52 Å². The number of aliphatic hydroxyl groups excluding tert-OH is 1. The molecule has 0 amide bonds. The molecule has 0 saturated carbocycles. The largest absolute Gasteiger partial charge is 0.469 e. The van der Waals surface area contributed by atoms with E-state index >= 15 is 0 Å².